The van der Waals surface area contributed by atoms with Crippen LogP contribution in [0.25, 0.3) is 0 Å². The van der Waals surface area contributed by atoms with Gasteiger partial charge in [-0.3, -0.25) is 0 Å². The van der Waals surface area contributed by atoms with E-state index in [1.165, 1.54) is 0 Å². The third kappa shape index (κ3) is 3.31. The molecule has 1 aromatic carbocycles. The maximum atomic E-state index is 10.2. The molecule has 1 aliphatic heterocycles. The van der Waals surface area contributed by atoms with E-state index < -0.39 is 6.10 Å². The van der Waals surface area contributed by atoms with Crippen molar-refractivity contribution in [1.29, 1.82) is 0 Å². The molecule has 5 nitrogen and oxygen atoms in total. The molecule has 0 spiro atoms. The van der Waals surface area contributed by atoms with Gasteiger partial charge >= 0.3 is 0 Å². The molecule has 0 saturated heterocycles. The van der Waals surface area contributed by atoms with E-state index in [1.54, 1.807) is 0 Å². The molecule has 0 aliphatic carbocycles. The molecule has 0 radical (unpaired) electrons. The van der Waals surface area contributed by atoms with Gasteiger partial charge in [-0.05, 0) is 12.0 Å². The topological polar surface area (TPSA) is 63.0 Å². The average Bonchev–Trinajstić information content (AvgIpc) is 2.95. The lowest BCUT2D eigenvalue weighted by molar-refractivity contribution is 0.165. The number of aliphatic hydroxyl groups is 1. The van der Waals surface area contributed by atoms with Gasteiger partial charge in [0.2, 0.25) is 0 Å². The second kappa shape index (κ2) is 6.37. The number of aliphatic hydroxyl groups excluding tert-OH is 1. The largest absolute Gasteiger partial charge is 0.387 e. The Morgan fingerprint density at radius 3 is 2.95 bits per heavy atom. The van der Waals surface area contributed by atoms with E-state index in [4.69, 9.17) is 0 Å². The highest BCUT2D eigenvalue weighted by Gasteiger charge is 2.21. The van der Waals surface area contributed by atoms with E-state index in [1.807, 2.05) is 35.0 Å². The van der Waals surface area contributed by atoms with Gasteiger partial charge in [-0.2, -0.15) is 5.10 Å². The van der Waals surface area contributed by atoms with Crippen molar-refractivity contribution in [3.63, 3.8) is 0 Å². The summed E-state index contributed by atoms with van der Waals surface area (Å²) in [4.78, 5) is 4.52. The summed E-state index contributed by atoms with van der Waals surface area (Å²) in [5, 5.41) is 18.1. The number of benzene rings is 1. The van der Waals surface area contributed by atoms with Gasteiger partial charge < -0.3 is 10.4 Å². The van der Waals surface area contributed by atoms with Gasteiger partial charge in [0.25, 0.3) is 0 Å². The molecular formula is C16H22N4O. The molecule has 2 heterocycles. The Labute approximate surface area is 125 Å². The first kappa shape index (κ1) is 14.2. The zero-order chi connectivity index (χ0) is 14.7. The molecule has 5 heteroatoms. The third-order valence-electron chi connectivity index (χ3n) is 4.00. The molecule has 2 aromatic rings. The van der Waals surface area contributed by atoms with Gasteiger partial charge in [-0.1, -0.05) is 37.3 Å². The maximum Gasteiger partial charge on any atom is 0.150 e. The zero-order valence-corrected chi connectivity index (χ0v) is 12.4. The molecule has 1 aliphatic rings. The van der Waals surface area contributed by atoms with Gasteiger partial charge in [0.15, 0.2) is 5.82 Å². The SMILES string of the molecule is CCc1nc2n(n1)C[C@H](NC[C@@H](O)c1ccccc1)CC2. The monoisotopic (exact) mass is 286 g/mol. The number of hydrogen-bond acceptors (Lipinski definition) is 4. The summed E-state index contributed by atoms with van der Waals surface area (Å²) in [6.07, 6.45) is 2.41. The Hall–Kier alpha value is -1.72. The van der Waals surface area contributed by atoms with Crippen LogP contribution in [0.3, 0.4) is 0 Å². The lowest BCUT2D eigenvalue weighted by Crippen LogP contribution is -2.39. The van der Waals surface area contributed by atoms with E-state index in [0.717, 1.165) is 43.0 Å². The highest BCUT2D eigenvalue weighted by Crippen LogP contribution is 2.15. The second-order valence-electron chi connectivity index (χ2n) is 5.55. The summed E-state index contributed by atoms with van der Waals surface area (Å²) in [6.45, 7) is 3.48. The predicted octanol–water partition coefficient (Wildman–Crippen LogP) is 1.48. The lowest BCUT2D eigenvalue weighted by atomic mass is 10.1. The minimum atomic E-state index is -0.463. The van der Waals surface area contributed by atoms with Crippen molar-refractivity contribution in [2.75, 3.05) is 6.54 Å². The minimum absolute atomic E-state index is 0.349. The standard InChI is InChI=1S/C16H22N4O/c1-2-15-18-16-9-8-13(11-20(16)19-15)17-10-14(21)12-6-4-3-5-7-12/h3-7,13-14,17,21H,2,8-11H2,1H3/t13-,14-/m1/s1. The van der Waals surface area contributed by atoms with E-state index in [9.17, 15) is 5.11 Å². The fraction of sp³-hybridized carbons (Fsp3) is 0.500. The summed E-state index contributed by atoms with van der Waals surface area (Å²) >= 11 is 0. The summed E-state index contributed by atoms with van der Waals surface area (Å²) in [5.41, 5.74) is 0.954. The first-order valence-electron chi connectivity index (χ1n) is 7.65. The fourth-order valence-corrected chi connectivity index (χ4v) is 2.75. The van der Waals surface area contributed by atoms with Crippen LogP contribution in [0, 0.1) is 0 Å². The first-order valence-corrected chi connectivity index (χ1v) is 7.65. The van der Waals surface area contributed by atoms with E-state index in [-0.39, 0.29) is 0 Å². The van der Waals surface area contributed by atoms with Crippen LogP contribution in [-0.2, 0) is 19.4 Å². The van der Waals surface area contributed by atoms with Gasteiger partial charge in [-0.25, -0.2) is 9.67 Å². The molecule has 1 aromatic heterocycles. The fourth-order valence-electron chi connectivity index (χ4n) is 2.75. The van der Waals surface area contributed by atoms with Gasteiger partial charge in [0.05, 0.1) is 12.6 Å². The van der Waals surface area contributed by atoms with Crippen molar-refractivity contribution in [3.8, 4) is 0 Å². The number of nitrogens with zero attached hydrogens (tertiary/aromatic N) is 3. The van der Waals surface area contributed by atoms with Crippen LogP contribution >= 0.6 is 0 Å². The second-order valence-corrected chi connectivity index (χ2v) is 5.55. The van der Waals surface area contributed by atoms with E-state index in [2.05, 4.69) is 22.3 Å². The van der Waals surface area contributed by atoms with Crippen LogP contribution in [0.4, 0.5) is 0 Å². The average molecular weight is 286 g/mol. The third-order valence-corrected chi connectivity index (χ3v) is 4.00. The Balaban J connectivity index is 1.55. The van der Waals surface area contributed by atoms with Crippen LogP contribution in [0.15, 0.2) is 30.3 Å². The van der Waals surface area contributed by atoms with Crippen LogP contribution in [0.2, 0.25) is 0 Å². The van der Waals surface area contributed by atoms with Crippen LogP contribution < -0.4 is 5.32 Å². The van der Waals surface area contributed by atoms with Crippen LogP contribution in [-0.4, -0.2) is 32.5 Å². The number of fused-ring (bicyclic) bond motifs is 1. The molecule has 0 unspecified atom stereocenters. The predicted molar refractivity (Wildman–Crippen MR) is 80.9 cm³/mol. The Morgan fingerprint density at radius 2 is 2.19 bits per heavy atom. The maximum absolute atomic E-state index is 10.2. The number of rotatable bonds is 5. The van der Waals surface area contributed by atoms with Crippen molar-refractivity contribution in [1.82, 2.24) is 20.1 Å². The molecule has 3 rings (SSSR count). The Bertz CT molecular complexity index is 581. The normalized spacial score (nSPS) is 19.2. The lowest BCUT2D eigenvalue weighted by Gasteiger charge is -2.25. The quantitative estimate of drug-likeness (QED) is 0.874. The van der Waals surface area contributed by atoms with E-state index >= 15 is 0 Å². The Morgan fingerprint density at radius 1 is 1.38 bits per heavy atom. The molecule has 21 heavy (non-hydrogen) atoms. The van der Waals surface area contributed by atoms with Crippen LogP contribution in [0.1, 0.15) is 36.7 Å². The highest BCUT2D eigenvalue weighted by molar-refractivity contribution is 5.17. The number of hydrogen-bond donors (Lipinski definition) is 2. The molecule has 2 N–H and O–H groups in total. The zero-order valence-electron chi connectivity index (χ0n) is 12.4. The van der Waals surface area contributed by atoms with Crippen molar-refractivity contribution in [3.05, 3.63) is 47.5 Å². The smallest absolute Gasteiger partial charge is 0.150 e. The molecule has 0 amide bonds. The number of aryl methyl sites for hydroxylation is 2. The molecule has 0 saturated carbocycles. The summed E-state index contributed by atoms with van der Waals surface area (Å²) in [7, 11) is 0. The molecule has 0 bridgehead atoms. The molecule has 112 valence electrons. The van der Waals surface area contributed by atoms with E-state index in [0.29, 0.717) is 12.6 Å². The van der Waals surface area contributed by atoms with Crippen molar-refractivity contribution in [2.24, 2.45) is 0 Å². The number of aromatic nitrogens is 3. The van der Waals surface area contributed by atoms with Crippen molar-refractivity contribution < 1.29 is 5.11 Å². The van der Waals surface area contributed by atoms with Crippen molar-refractivity contribution >= 4 is 0 Å². The van der Waals surface area contributed by atoms with Gasteiger partial charge in [0, 0.05) is 25.4 Å². The van der Waals surface area contributed by atoms with Gasteiger partial charge in [0.1, 0.15) is 5.82 Å². The van der Waals surface area contributed by atoms with Crippen molar-refractivity contribution in [2.45, 2.75) is 44.9 Å². The van der Waals surface area contributed by atoms with Crippen LogP contribution in [0.5, 0.6) is 0 Å². The summed E-state index contributed by atoms with van der Waals surface area (Å²) < 4.78 is 2.01. The number of nitrogens with one attached hydrogen (secondary N) is 1. The van der Waals surface area contributed by atoms with Gasteiger partial charge in [-0.15, -0.1) is 0 Å². The minimum Gasteiger partial charge on any atom is -0.387 e. The molecule has 0 fully saturated rings. The summed E-state index contributed by atoms with van der Waals surface area (Å²) in [6, 6.07) is 10.1. The summed E-state index contributed by atoms with van der Waals surface area (Å²) in [5.74, 6) is 2.02. The molecule has 2 atom stereocenters. The highest BCUT2D eigenvalue weighted by atomic mass is 16.3. The first-order chi connectivity index (χ1) is 10.3. The Kier molecular flexibility index (Phi) is 4.31. The molecular weight excluding hydrogens is 264 g/mol.